The lowest BCUT2D eigenvalue weighted by Gasteiger charge is -2.20. The Balaban J connectivity index is 0.00000289. The zero-order chi connectivity index (χ0) is 13.0. The first-order valence-electron chi connectivity index (χ1n) is 5.73. The van der Waals surface area contributed by atoms with Crippen molar-refractivity contribution in [3.8, 4) is 0 Å². The highest BCUT2D eigenvalue weighted by Crippen LogP contribution is 2.16. The van der Waals surface area contributed by atoms with Crippen LogP contribution in [-0.2, 0) is 4.79 Å². The summed E-state index contributed by atoms with van der Waals surface area (Å²) in [6.45, 7) is 5.78. The highest BCUT2D eigenvalue weighted by molar-refractivity contribution is 6.30. The second kappa shape index (κ2) is 7.62. The van der Waals surface area contributed by atoms with Gasteiger partial charge in [-0.3, -0.25) is 4.79 Å². The Kier molecular flexibility index (Phi) is 7.29. The number of nitrogens with one attached hydrogen (secondary N) is 1. The lowest BCUT2D eigenvalue weighted by Crippen LogP contribution is -2.44. The molecule has 0 heterocycles. The van der Waals surface area contributed by atoms with Gasteiger partial charge in [0.15, 0.2) is 0 Å². The molecule has 1 rings (SSSR count). The van der Waals surface area contributed by atoms with E-state index in [4.69, 9.17) is 17.3 Å². The number of benzene rings is 1. The van der Waals surface area contributed by atoms with E-state index in [1.807, 2.05) is 45.0 Å². The van der Waals surface area contributed by atoms with Gasteiger partial charge in [0.1, 0.15) is 0 Å². The molecule has 0 aliphatic rings. The first kappa shape index (κ1) is 17.2. The van der Waals surface area contributed by atoms with Gasteiger partial charge >= 0.3 is 0 Å². The van der Waals surface area contributed by atoms with Gasteiger partial charge in [-0.15, -0.1) is 12.4 Å². The van der Waals surface area contributed by atoms with Gasteiger partial charge in [0.05, 0.1) is 12.1 Å². The fourth-order valence-electron chi connectivity index (χ4n) is 1.45. The van der Waals surface area contributed by atoms with E-state index in [1.54, 1.807) is 0 Å². The zero-order valence-corrected chi connectivity index (χ0v) is 12.4. The van der Waals surface area contributed by atoms with Gasteiger partial charge in [0, 0.05) is 5.02 Å². The van der Waals surface area contributed by atoms with Crippen LogP contribution in [0.3, 0.4) is 0 Å². The van der Waals surface area contributed by atoms with Crippen LogP contribution in [0.2, 0.25) is 5.02 Å². The van der Waals surface area contributed by atoms with Gasteiger partial charge in [-0.05, 0) is 30.5 Å². The summed E-state index contributed by atoms with van der Waals surface area (Å²) in [6, 6.07) is 6.88. The normalized spacial score (nSPS) is 13.7. The minimum absolute atomic E-state index is 0. The number of hydrogen-bond acceptors (Lipinski definition) is 2. The summed E-state index contributed by atoms with van der Waals surface area (Å²) in [5.41, 5.74) is 6.79. The number of nitrogens with two attached hydrogens (primary N) is 1. The van der Waals surface area contributed by atoms with E-state index in [9.17, 15) is 4.79 Å². The maximum Gasteiger partial charge on any atom is 0.237 e. The van der Waals surface area contributed by atoms with Crippen LogP contribution >= 0.6 is 24.0 Å². The van der Waals surface area contributed by atoms with Crippen LogP contribution in [-0.4, -0.2) is 11.9 Å². The van der Waals surface area contributed by atoms with Crippen LogP contribution in [0.5, 0.6) is 0 Å². The summed E-state index contributed by atoms with van der Waals surface area (Å²) >= 11 is 5.81. The van der Waals surface area contributed by atoms with Crippen molar-refractivity contribution in [2.75, 3.05) is 0 Å². The second-order valence-electron chi connectivity index (χ2n) is 4.55. The molecule has 1 unspecified atom stereocenters. The molecule has 0 aromatic heterocycles. The maximum atomic E-state index is 11.8. The highest BCUT2D eigenvalue weighted by atomic mass is 35.5. The molecule has 3 nitrogen and oxygen atoms in total. The van der Waals surface area contributed by atoms with E-state index in [2.05, 4.69) is 5.32 Å². The molecule has 5 heteroatoms. The predicted octanol–water partition coefficient (Wildman–Crippen LogP) is 2.92. The van der Waals surface area contributed by atoms with Crippen molar-refractivity contribution < 1.29 is 4.79 Å². The largest absolute Gasteiger partial charge is 0.348 e. The first-order chi connectivity index (χ1) is 7.91. The maximum absolute atomic E-state index is 11.8. The molecule has 102 valence electrons. The van der Waals surface area contributed by atoms with Crippen LogP contribution in [0, 0.1) is 5.92 Å². The molecule has 0 radical (unpaired) electrons. The number of halogens is 2. The van der Waals surface area contributed by atoms with Gasteiger partial charge in [-0.2, -0.15) is 0 Å². The molecule has 2 atom stereocenters. The van der Waals surface area contributed by atoms with E-state index in [0.717, 1.165) is 5.56 Å². The quantitative estimate of drug-likeness (QED) is 0.896. The third kappa shape index (κ3) is 4.84. The molecule has 1 aromatic carbocycles. The number of amides is 1. The van der Waals surface area contributed by atoms with Crippen molar-refractivity contribution in [2.24, 2.45) is 11.7 Å². The summed E-state index contributed by atoms with van der Waals surface area (Å²) in [4.78, 5) is 11.8. The van der Waals surface area contributed by atoms with Crippen molar-refractivity contribution in [3.63, 3.8) is 0 Å². The van der Waals surface area contributed by atoms with Gasteiger partial charge in [0.2, 0.25) is 5.91 Å². The van der Waals surface area contributed by atoms with Crippen LogP contribution in [0.25, 0.3) is 0 Å². The van der Waals surface area contributed by atoms with E-state index >= 15 is 0 Å². The SMILES string of the molecule is CC(NC(=O)[C@H](N)C(C)C)c1ccc(Cl)cc1.Cl. The Hall–Kier alpha value is -0.770. The smallest absolute Gasteiger partial charge is 0.237 e. The highest BCUT2D eigenvalue weighted by Gasteiger charge is 2.19. The molecule has 18 heavy (non-hydrogen) atoms. The molecule has 0 saturated carbocycles. The minimum atomic E-state index is -0.468. The van der Waals surface area contributed by atoms with E-state index < -0.39 is 6.04 Å². The van der Waals surface area contributed by atoms with Gasteiger partial charge in [0.25, 0.3) is 0 Å². The first-order valence-corrected chi connectivity index (χ1v) is 6.11. The molecule has 3 N–H and O–H groups in total. The average Bonchev–Trinajstić information content (AvgIpc) is 2.28. The Morgan fingerprint density at radius 3 is 2.17 bits per heavy atom. The number of carbonyl (C=O) groups is 1. The Labute approximate surface area is 119 Å². The fraction of sp³-hybridized carbons (Fsp3) is 0.462. The average molecular weight is 291 g/mol. The van der Waals surface area contributed by atoms with Crippen molar-refractivity contribution in [1.82, 2.24) is 5.32 Å². The summed E-state index contributed by atoms with van der Waals surface area (Å²) in [5, 5.41) is 3.58. The van der Waals surface area contributed by atoms with Crippen LogP contribution in [0.15, 0.2) is 24.3 Å². The molecule has 1 aromatic rings. The van der Waals surface area contributed by atoms with Crippen molar-refractivity contribution >= 4 is 29.9 Å². The van der Waals surface area contributed by atoms with E-state index in [1.165, 1.54) is 0 Å². The molecule has 0 bridgehead atoms. The standard InChI is InChI=1S/C13H19ClN2O.ClH/c1-8(2)12(15)13(17)16-9(3)10-4-6-11(14)7-5-10;/h4-9,12H,15H2,1-3H3,(H,16,17);1H/t9?,12-;/m1./s1. The van der Waals surface area contributed by atoms with Crippen LogP contribution in [0.1, 0.15) is 32.4 Å². The topological polar surface area (TPSA) is 55.1 Å². The third-order valence-corrected chi connectivity index (χ3v) is 3.00. The van der Waals surface area contributed by atoms with Crippen LogP contribution < -0.4 is 11.1 Å². The van der Waals surface area contributed by atoms with Gasteiger partial charge < -0.3 is 11.1 Å². The monoisotopic (exact) mass is 290 g/mol. The third-order valence-electron chi connectivity index (χ3n) is 2.75. The van der Waals surface area contributed by atoms with Gasteiger partial charge in [-0.25, -0.2) is 0 Å². The summed E-state index contributed by atoms with van der Waals surface area (Å²) in [5.74, 6) is 0.00914. The van der Waals surface area contributed by atoms with E-state index in [-0.39, 0.29) is 30.3 Å². The van der Waals surface area contributed by atoms with Crippen LogP contribution in [0.4, 0.5) is 0 Å². The Bertz CT molecular complexity index is 379. The Morgan fingerprint density at radius 2 is 1.72 bits per heavy atom. The van der Waals surface area contributed by atoms with E-state index in [0.29, 0.717) is 5.02 Å². The number of rotatable bonds is 4. The van der Waals surface area contributed by atoms with Crippen molar-refractivity contribution in [1.29, 1.82) is 0 Å². The summed E-state index contributed by atoms with van der Waals surface area (Å²) in [7, 11) is 0. The molecule has 1 amide bonds. The predicted molar refractivity (Wildman–Crippen MR) is 78.1 cm³/mol. The number of carbonyl (C=O) groups excluding carboxylic acids is 1. The molecule has 0 fully saturated rings. The fourth-order valence-corrected chi connectivity index (χ4v) is 1.57. The molecular formula is C13H20Cl2N2O. The van der Waals surface area contributed by atoms with Crippen molar-refractivity contribution in [2.45, 2.75) is 32.9 Å². The Morgan fingerprint density at radius 1 is 1.22 bits per heavy atom. The molecule has 0 aliphatic carbocycles. The molecule has 0 spiro atoms. The molecule has 0 saturated heterocycles. The minimum Gasteiger partial charge on any atom is -0.348 e. The molecular weight excluding hydrogens is 271 g/mol. The zero-order valence-electron chi connectivity index (χ0n) is 10.8. The summed E-state index contributed by atoms with van der Waals surface area (Å²) < 4.78 is 0. The van der Waals surface area contributed by atoms with Gasteiger partial charge in [-0.1, -0.05) is 37.6 Å². The second-order valence-corrected chi connectivity index (χ2v) is 4.99. The lowest BCUT2D eigenvalue weighted by molar-refractivity contribution is -0.123. The number of hydrogen-bond donors (Lipinski definition) is 2. The lowest BCUT2D eigenvalue weighted by atomic mass is 10.0. The molecule has 0 aliphatic heterocycles. The van der Waals surface area contributed by atoms with Crippen molar-refractivity contribution in [3.05, 3.63) is 34.9 Å². The summed E-state index contributed by atoms with van der Waals surface area (Å²) in [6.07, 6.45) is 0.